The lowest BCUT2D eigenvalue weighted by atomic mass is 10.3. The summed E-state index contributed by atoms with van der Waals surface area (Å²) in [5.41, 5.74) is 3.23. The molecule has 0 saturated carbocycles. The van der Waals surface area contributed by atoms with Gasteiger partial charge in [0.15, 0.2) is 0 Å². The molecule has 2 rings (SSSR count). The topological polar surface area (TPSA) is 78.3 Å². The highest BCUT2D eigenvalue weighted by atomic mass is 19.1. The van der Waals surface area contributed by atoms with Gasteiger partial charge in [-0.05, 0) is 24.3 Å². The van der Waals surface area contributed by atoms with Crippen LogP contribution in [0.15, 0.2) is 29.4 Å². The van der Waals surface area contributed by atoms with Gasteiger partial charge in [-0.3, -0.25) is 0 Å². The van der Waals surface area contributed by atoms with Crippen molar-refractivity contribution in [1.29, 1.82) is 0 Å². The Morgan fingerprint density at radius 3 is 2.35 bits per heavy atom. The van der Waals surface area contributed by atoms with Gasteiger partial charge in [-0.15, -0.1) is 0 Å². The third-order valence-electron chi connectivity index (χ3n) is 2.30. The maximum absolute atomic E-state index is 12.9. The Hall–Kier alpha value is -2.77. The lowest BCUT2D eigenvalue weighted by molar-refractivity contribution is 0.628. The number of benzene rings is 1. The van der Waals surface area contributed by atoms with Crippen molar-refractivity contribution in [3.63, 3.8) is 0 Å². The molecular weight excluding hydrogens is 261 g/mol. The predicted molar refractivity (Wildman–Crippen MR) is 77.0 cm³/mol. The van der Waals surface area contributed by atoms with Gasteiger partial charge >= 0.3 is 0 Å². The van der Waals surface area contributed by atoms with Gasteiger partial charge in [0.2, 0.25) is 17.8 Å². The van der Waals surface area contributed by atoms with Crippen LogP contribution in [0.25, 0.3) is 0 Å². The molecule has 0 fully saturated rings. The van der Waals surface area contributed by atoms with Gasteiger partial charge in [-0.1, -0.05) is 0 Å². The van der Waals surface area contributed by atoms with Gasteiger partial charge < -0.3 is 10.2 Å². The number of nitrogens with zero attached hydrogens (tertiary/aromatic N) is 5. The van der Waals surface area contributed by atoms with Crippen molar-refractivity contribution in [2.24, 2.45) is 5.10 Å². The molecule has 2 N–H and O–H groups in total. The Labute approximate surface area is 115 Å². The smallest absolute Gasteiger partial charge is 0.250 e. The molecule has 20 heavy (non-hydrogen) atoms. The average molecular weight is 275 g/mol. The zero-order valence-corrected chi connectivity index (χ0v) is 11.1. The summed E-state index contributed by atoms with van der Waals surface area (Å²) in [6, 6.07) is 5.88. The second-order valence-corrected chi connectivity index (χ2v) is 4.08. The Bertz CT molecular complexity index is 597. The Morgan fingerprint density at radius 1 is 1.10 bits per heavy atom. The molecule has 0 unspecified atom stereocenters. The van der Waals surface area contributed by atoms with Crippen molar-refractivity contribution in [3.05, 3.63) is 30.1 Å². The second-order valence-electron chi connectivity index (χ2n) is 4.08. The van der Waals surface area contributed by atoms with Gasteiger partial charge in [0.25, 0.3) is 0 Å². The molecule has 0 amide bonds. The largest absolute Gasteiger partial charge is 0.347 e. The highest BCUT2D eigenvalue weighted by Gasteiger charge is 2.08. The number of rotatable bonds is 5. The summed E-state index contributed by atoms with van der Waals surface area (Å²) in [6.45, 7) is 3.32. The van der Waals surface area contributed by atoms with Crippen LogP contribution in [0.5, 0.6) is 0 Å². The molecule has 0 aliphatic rings. The second kappa shape index (κ2) is 5.91. The van der Waals surface area contributed by atoms with Crippen LogP contribution in [0.4, 0.5) is 27.9 Å². The van der Waals surface area contributed by atoms with Crippen molar-refractivity contribution < 1.29 is 4.39 Å². The summed E-state index contributed by atoms with van der Waals surface area (Å²) in [5, 5.41) is 6.49. The highest BCUT2D eigenvalue weighted by molar-refractivity contribution is 5.55. The van der Waals surface area contributed by atoms with Crippen LogP contribution in [0.3, 0.4) is 0 Å². The van der Waals surface area contributed by atoms with Gasteiger partial charge in [0.05, 0.1) is 0 Å². The Balaban J connectivity index is 2.29. The van der Waals surface area contributed by atoms with E-state index in [0.29, 0.717) is 17.6 Å². The zero-order valence-electron chi connectivity index (χ0n) is 11.1. The normalized spacial score (nSPS) is 9.95. The van der Waals surface area contributed by atoms with E-state index in [1.54, 1.807) is 17.0 Å². The van der Waals surface area contributed by atoms with E-state index in [1.165, 1.54) is 12.1 Å². The molecular formula is C12H14FN7. The van der Waals surface area contributed by atoms with E-state index in [2.05, 4.69) is 37.5 Å². The van der Waals surface area contributed by atoms with Crippen LogP contribution in [-0.4, -0.2) is 35.8 Å². The van der Waals surface area contributed by atoms with Crippen molar-refractivity contribution in [2.45, 2.75) is 0 Å². The number of nitrogens with one attached hydrogen (secondary N) is 2. The van der Waals surface area contributed by atoms with E-state index in [-0.39, 0.29) is 11.8 Å². The van der Waals surface area contributed by atoms with E-state index in [9.17, 15) is 4.39 Å². The number of hydrogen-bond acceptors (Lipinski definition) is 7. The molecule has 104 valence electrons. The van der Waals surface area contributed by atoms with Gasteiger partial charge in [0, 0.05) is 26.5 Å². The molecule has 0 aliphatic heterocycles. The van der Waals surface area contributed by atoms with Crippen molar-refractivity contribution >= 4 is 30.2 Å². The maximum atomic E-state index is 12.9. The predicted octanol–water partition coefficient (Wildman–Crippen LogP) is 1.85. The van der Waals surface area contributed by atoms with Crippen LogP contribution in [0.1, 0.15) is 0 Å². The maximum Gasteiger partial charge on any atom is 0.250 e. The molecule has 7 nitrogen and oxygen atoms in total. The number of hydrogen-bond donors (Lipinski definition) is 2. The molecule has 0 atom stereocenters. The Morgan fingerprint density at radius 2 is 1.75 bits per heavy atom. The van der Waals surface area contributed by atoms with Crippen LogP contribution < -0.4 is 15.6 Å². The number of hydrazone groups is 1. The minimum atomic E-state index is -0.307. The summed E-state index contributed by atoms with van der Waals surface area (Å²) < 4.78 is 12.9. The van der Waals surface area contributed by atoms with Gasteiger partial charge in [-0.2, -0.15) is 20.1 Å². The van der Waals surface area contributed by atoms with E-state index >= 15 is 0 Å². The van der Waals surface area contributed by atoms with E-state index in [0.717, 1.165) is 0 Å². The number of anilines is 4. The molecule has 2 aromatic rings. The van der Waals surface area contributed by atoms with E-state index in [4.69, 9.17) is 0 Å². The zero-order chi connectivity index (χ0) is 14.5. The first-order chi connectivity index (χ1) is 9.58. The fourth-order valence-electron chi connectivity index (χ4n) is 1.40. The fraction of sp³-hybridized carbons (Fsp3) is 0.167. The molecule has 0 radical (unpaired) electrons. The third kappa shape index (κ3) is 3.37. The lowest BCUT2D eigenvalue weighted by Crippen LogP contribution is -2.15. The lowest BCUT2D eigenvalue weighted by Gasteiger charge is -2.13. The number of halogens is 1. The van der Waals surface area contributed by atoms with Crippen LogP contribution in [0.2, 0.25) is 0 Å². The van der Waals surface area contributed by atoms with Gasteiger partial charge in [-0.25, -0.2) is 9.82 Å². The molecule has 0 saturated heterocycles. The molecule has 0 aliphatic carbocycles. The first kappa shape index (κ1) is 13.7. The van der Waals surface area contributed by atoms with E-state index in [1.807, 2.05) is 14.1 Å². The molecule has 0 spiro atoms. The van der Waals surface area contributed by atoms with Crippen LogP contribution >= 0.6 is 0 Å². The molecule has 0 bridgehead atoms. The third-order valence-corrected chi connectivity index (χ3v) is 2.30. The fourth-order valence-corrected chi connectivity index (χ4v) is 1.40. The van der Waals surface area contributed by atoms with Crippen molar-refractivity contribution in [3.8, 4) is 0 Å². The summed E-state index contributed by atoms with van der Waals surface area (Å²) in [7, 11) is 3.62. The molecule has 1 aromatic carbocycles. The summed E-state index contributed by atoms with van der Waals surface area (Å²) in [5.74, 6) is 0.735. The first-order valence-corrected chi connectivity index (χ1v) is 5.76. The summed E-state index contributed by atoms with van der Waals surface area (Å²) in [4.78, 5) is 14.2. The monoisotopic (exact) mass is 275 g/mol. The van der Waals surface area contributed by atoms with Crippen LogP contribution in [0, 0.1) is 5.82 Å². The standard InChI is InChI=1S/C12H14FN7/c1-14-19-11-16-10(17-12(18-11)20(2)3)15-9-6-4-8(13)5-7-9/h4-7H,1H2,2-3H3,(H2,15,16,17,18,19). The Kier molecular flexibility index (Phi) is 4.04. The van der Waals surface area contributed by atoms with Crippen molar-refractivity contribution in [1.82, 2.24) is 15.0 Å². The minimum Gasteiger partial charge on any atom is -0.347 e. The minimum absolute atomic E-state index is 0.267. The summed E-state index contributed by atoms with van der Waals surface area (Å²) in [6.07, 6.45) is 0. The highest BCUT2D eigenvalue weighted by Crippen LogP contribution is 2.17. The summed E-state index contributed by atoms with van der Waals surface area (Å²) >= 11 is 0. The van der Waals surface area contributed by atoms with E-state index < -0.39 is 0 Å². The first-order valence-electron chi connectivity index (χ1n) is 5.76. The molecule has 8 heteroatoms. The average Bonchev–Trinajstić information content (AvgIpc) is 2.41. The SMILES string of the molecule is C=NNc1nc(Nc2ccc(F)cc2)nc(N(C)C)n1. The van der Waals surface area contributed by atoms with Gasteiger partial charge in [0.1, 0.15) is 5.82 Å². The van der Waals surface area contributed by atoms with Crippen molar-refractivity contribution in [2.75, 3.05) is 29.7 Å². The molecule has 1 heterocycles. The van der Waals surface area contributed by atoms with Crippen LogP contribution in [-0.2, 0) is 0 Å². The quantitative estimate of drug-likeness (QED) is 0.640. The molecule has 1 aromatic heterocycles. The number of aromatic nitrogens is 3.